The molecule has 0 aliphatic carbocycles. The van der Waals surface area contributed by atoms with Crippen molar-refractivity contribution in [3.8, 4) is 0 Å². The van der Waals surface area contributed by atoms with E-state index in [1.807, 2.05) is 0 Å². The van der Waals surface area contributed by atoms with Crippen LogP contribution in [0.4, 0.5) is 15.8 Å². The number of nitro benzene ring substituents is 1. The predicted molar refractivity (Wildman–Crippen MR) is 69.8 cm³/mol. The zero-order valence-corrected chi connectivity index (χ0v) is 11.2. The third kappa shape index (κ3) is 3.76. The van der Waals surface area contributed by atoms with Crippen LogP contribution in [0.2, 0.25) is 0 Å². The van der Waals surface area contributed by atoms with Crippen molar-refractivity contribution < 1.29 is 13.5 Å². The Hall–Kier alpha value is -1.50. The second-order valence-electron chi connectivity index (χ2n) is 4.16. The SMILES string of the molecule is Cc1cc(NC(C)CS(C)=O)c([N+](=O)[O-])cc1F. The highest BCUT2D eigenvalue weighted by atomic mass is 32.2. The Labute approximate surface area is 107 Å². The molecule has 0 aromatic heterocycles. The van der Waals surface area contributed by atoms with E-state index in [2.05, 4.69) is 5.32 Å². The summed E-state index contributed by atoms with van der Waals surface area (Å²) >= 11 is 0. The number of hydrogen-bond acceptors (Lipinski definition) is 4. The number of benzene rings is 1. The minimum absolute atomic E-state index is 0.195. The van der Waals surface area contributed by atoms with Crippen LogP contribution in [0, 0.1) is 22.9 Å². The van der Waals surface area contributed by atoms with Crippen molar-refractivity contribution in [2.45, 2.75) is 19.9 Å². The van der Waals surface area contributed by atoms with Crippen molar-refractivity contribution in [3.05, 3.63) is 33.6 Å². The normalized spacial score (nSPS) is 14.0. The van der Waals surface area contributed by atoms with Gasteiger partial charge in [-0.15, -0.1) is 0 Å². The molecule has 0 amide bonds. The standard InChI is InChI=1S/C11H15FN2O3S/c1-7-4-10(13-8(2)6-18(3)17)11(14(15)16)5-9(7)12/h4-5,8,13H,6H2,1-3H3. The molecule has 1 rings (SSSR count). The zero-order chi connectivity index (χ0) is 13.9. The largest absolute Gasteiger partial charge is 0.376 e. The summed E-state index contributed by atoms with van der Waals surface area (Å²) in [5.41, 5.74) is 0.261. The van der Waals surface area contributed by atoms with Crippen LogP contribution in [-0.4, -0.2) is 27.2 Å². The van der Waals surface area contributed by atoms with Gasteiger partial charge in [-0.2, -0.15) is 0 Å². The summed E-state index contributed by atoms with van der Waals surface area (Å²) in [4.78, 5) is 10.2. The number of nitrogens with one attached hydrogen (secondary N) is 1. The van der Waals surface area contributed by atoms with Crippen LogP contribution in [0.15, 0.2) is 12.1 Å². The maximum absolute atomic E-state index is 13.3. The average molecular weight is 274 g/mol. The third-order valence-electron chi connectivity index (χ3n) is 2.36. The van der Waals surface area contributed by atoms with Crippen molar-refractivity contribution in [2.24, 2.45) is 0 Å². The molecular weight excluding hydrogens is 259 g/mol. The van der Waals surface area contributed by atoms with Crippen molar-refractivity contribution >= 4 is 22.2 Å². The van der Waals surface area contributed by atoms with Gasteiger partial charge in [-0.3, -0.25) is 14.3 Å². The lowest BCUT2D eigenvalue weighted by Crippen LogP contribution is -2.22. The molecule has 0 aliphatic heterocycles. The van der Waals surface area contributed by atoms with Crippen LogP contribution in [-0.2, 0) is 10.8 Å². The van der Waals surface area contributed by atoms with E-state index in [0.717, 1.165) is 6.07 Å². The summed E-state index contributed by atoms with van der Waals surface area (Å²) in [6.07, 6.45) is 1.56. The molecule has 0 spiro atoms. The Morgan fingerprint density at radius 1 is 1.56 bits per heavy atom. The lowest BCUT2D eigenvalue weighted by atomic mass is 10.1. The van der Waals surface area contributed by atoms with Crippen LogP contribution in [0.5, 0.6) is 0 Å². The minimum Gasteiger partial charge on any atom is -0.376 e. The van der Waals surface area contributed by atoms with Crippen molar-refractivity contribution in [3.63, 3.8) is 0 Å². The van der Waals surface area contributed by atoms with E-state index in [9.17, 15) is 18.7 Å². The topological polar surface area (TPSA) is 72.2 Å². The Morgan fingerprint density at radius 3 is 2.67 bits per heavy atom. The number of aryl methyl sites for hydroxylation is 1. The summed E-state index contributed by atoms with van der Waals surface area (Å²) < 4.78 is 24.3. The van der Waals surface area contributed by atoms with Gasteiger partial charge in [-0.1, -0.05) is 0 Å². The molecule has 0 saturated carbocycles. The lowest BCUT2D eigenvalue weighted by molar-refractivity contribution is -0.384. The fourth-order valence-electron chi connectivity index (χ4n) is 1.60. The van der Waals surface area contributed by atoms with E-state index in [1.54, 1.807) is 13.2 Å². The molecule has 0 bridgehead atoms. The summed E-state index contributed by atoms with van der Waals surface area (Å²) in [7, 11) is -1.00. The van der Waals surface area contributed by atoms with Gasteiger partial charge in [-0.25, -0.2) is 4.39 Å². The minimum atomic E-state index is -1.00. The maximum Gasteiger partial charge on any atom is 0.295 e. The first kappa shape index (κ1) is 14.6. The molecule has 0 heterocycles. The average Bonchev–Trinajstić information content (AvgIpc) is 2.21. The third-order valence-corrected chi connectivity index (χ3v) is 3.33. The highest BCUT2D eigenvalue weighted by Gasteiger charge is 2.18. The molecule has 1 aromatic rings. The Kier molecular flexibility index (Phi) is 4.77. The predicted octanol–water partition coefficient (Wildman–Crippen LogP) is 2.22. The molecule has 0 radical (unpaired) electrons. The van der Waals surface area contributed by atoms with E-state index in [4.69, 9.17) is 0 Å². The van der Waals surface area contributed by atoms with Crippen LogP contribution in [0.1, 0.15) is 12.5 Å². The maximum atomic E-state index is 13.3. The van der Waals surface area contributed by atoms with Gasteiger partial charge in [-0.05, 0) is 25.5 Å². The highest BCUT2D eigenvalue weighted by Crippen LogP contribution is 2.28. The quantitative estimate of drug-likeness (QED) is 0.660. The molecule has 1 aromatic carbocycles. The lowest BCUT2D eigenvalue weighted by Gasteiger charge is -2.14. The summed E-state index contributed by atoms with van der Waals surface area (Å²) in [5.74, 6) is -0.243. The number of hydrogen-bond donors (Lipinski definition) is 1. The first-order valence-corrected chi connectivity index (χ1v) is 7.05. The number of nitrogens with zero attached hydrogens (tertiary/aromatic N) is 1. The second-order valence-corrected chi connectivity index (χ2v) is 5.64. The summed E-state index contributed by atoms with van der Waals surface area (Å²) in [6.45, 7) is 3.30. The number of anilines is 1. The fraction of sp³-hybridized carbons (Fsp3) is 0.455. The number of nitro groups is 1. The Morgan fingerprint density at radius 2 is 2.17 bits per heavy atom. The highest BCUT2D eigenvalue weighted by molar-refractivity contribution is 7.84. The van der Waals surface area contributed by atoms with Gasteiger partial charge in [0.25, 0.3) is 5.69 Å². The molecule has 5 nitrogen and oxygen atoms in total. The molecule has 18 heavy (non-hydrogen) atoms. The molecule has 0 saturated heterocycles. The van der Waals surface area contributed by atoms with Gasteiger partial charge >= 0.3 is 0 Å². The smallest absolute Gasteiger partial charge is 0.295 e. The number of rotatable bonds is 5. The van der Waals surface area contributed by atoms with Gasteiger partial charge in [0.1, 0.15) is 11.5 Å². The van der Waals surface area contributed by atoms with E-state index >= 15 is 0 Å². The fourth-order valence-corrected chi connectivity index (χ4v) is 2.38. The summed E-state index contributed by atoms with van der Waals surface area (Å²) in [6, 6.07) is 2.09. The number of halogens is 1. The van der Waals surface area contributed by atoms with E-state index in [1.165, 1.54) is 13.0 Å². The summed E-state index contributed by atoms with van der Waals surface area (Å²) in [5, 5.41) is 13.7. The van der Waals surface area contributed by atoms with Crippen LogP contribution >= 0.6 is 0 Å². The van der Waals surface area contributed by atoms with Crippen molar-refractivity contribution in [1.29, 1.82) is 0 Å². The van der Waals surface area contributed by atoms with E-state index < -0.39 is 21.5 Å². The Bertz CT molecular complexity index is 493. The Balaban J connectivity index is 3.03. The van der Waals surface area contributed by atoms with E-state index in [-0.39, 0.29) is 17.4 Å². The monoisotopic (exact) mass is 274 g/mol. The second kappa shape index (κ2) is 5.90. The molecule has 0 aliphatic rings. The van der Waals surface area contributed by atoms with Gasteiger partial charge in [0.2, 0.25) is 0 Å². The van der Waals surface area contributed by atoms with Crippen molar-refractivity contribution in [1.82, 2.24) is 0 Å². The molecule has 2 atom stereocenters. The van der Waals surface area contributed by atoms with Crippen LogP contribution < -0.4 is 5.32 Å². The van der Waals surface area contributed by atoms with Gasteiger partial charge in [0.15, 0.2) is 0 Å². The van der Waals surface area contributed by atoms with E-state index in [0.29, 0.717) is 11.3 Å². The molecule has 100 valence electrons. The van der Waals surface area contributed by atoms with Gasteiger partial charge in [0, 0.05) is 28.9 Å². The van der Waals surface area contributed by atoms with Crippen LogP contribution in [0.25, 0.3) is 0 Å². The molecular formula is C11H15FN2O3S. The first-order chi connectivity index (χ1) is 8.31. The molecule has 1 N–H and O–H groups in total. The first-order valence-electron chi connectivity index (χ1n) is 5.32. The molecule has 0 fully saturated rings. The van der Waals surface area contributed by atoms with Crippen molar-refractivity contribution in [2.75, 3.05) is 17.3 Å². The van der Waals surface area contributed by atoms with Gasteiger partial charge < -0.3 is 5.32 Å². The molecule has 2 unspecified atom stereocenters. The molecule has 7 heteroatoms. The van der Waals surface area contributed by atoms with Gasteiger partial charge in [0.05, 0.1) is 11.0 Å². The van der Waals surface area contributed by atoms with Crippen LogP contribution in [0.3, 0.4) is 0 Å². The zero-order valence-electron chi connectivity index (χ0n) is 10.4.